The van der Waals surface area contributed by atoms with Crippen LogP contribution in [0.4, 0.5) is 0 Å². The zero-order chi connectivity index (χ0) is 28.2. The average molecular weight is 535 g/mol. The van der Waals surface area contributed by atoms with Crippen molar-refractivity contribution in [2.24, 2.45) is 0 Å². The van der Waals surface area contributed by atoms with Crippen LogP contribution in [0.25, 0.3) is 22.3 Å². The number of aryl methyl sites for hydroxylation is 4. The van der Waals surface area contributed by atoms with Crippen molar-refractivity contribution < 1.29 is 10.2 Å². The van der Waals surface area contributed by atoms with Crippen LogP contribution < -0.4 is 0 Å². The average Bonchev–Trinajstić information content (AvgIpc) is 2.98. The summed E-state index contributed by atoms with van der Waals surface area (Å²) in [6.07, 6.45) is 15.1. The van der Waals surface area contributed by atoms with Gasteiger partial charge in [-0.1, -0.05) is 124 Å². The molecule has 0 aliphatic rings. The minimum atomic E-state index is 0.405. The van der Waals surface area contributed by atoms with Crippen LogP contribution in [0.3, 0.4) is 0 Å². The summed E-state index contributed by atoms with van der Waals surface area (Å²) in [7, 11) is 0. The van der Waals surface area contributed by atoms with Crippen molar-refractivity contribution in [3.63, 3.8) is 0 Å². The quantitative estimate of drug-likeness (QED) is 0.149. The molecule has 0 aliphatic carbocycles. The molecule has 210 valence electrons. The van der Waals surface area contributed by atoms with Gasteiger partial charge >= 0.3 is 0 Å². The first-order chi connectivity index (χ1) is 19.5. The van der Waals surface area contributed by atoms with Crippen LogP contribution in [0.1, 0.15) is 86.5 Å². The van der Waals surface area contributed by atoms with Crippen LogP contribution in [0.2, 0.25) is 0 Å². The highest BCUT2D eigenvalue weighted by Gasteiger charge is 2.10. The fourth-order valence-electron chi connectivity index (χ4n) is 5.75. The molecule has 4 rings (SSSR count). The van der Waals surface area contributed by atoms with Gasteiger partial charge in [0.15, 0.2) is 0 Å². The van der Waals surface area contributed by atoms with E-state index >= 15 is 0 Å². The van der Waals surface area contributed by atoms with Crippen molar-refractivity contribution in [2.75, 3.05) is 0 Å². The molecule has 2 N–H and O–H groups in total. The van der Waals surface area contributed by atoms with Gasteiger partial charge in [0.05, 0.1) is 0 Å². The Kier molecular flexibility index (Phi) is 11.3. The fraction of sp³-hybridized carbons (Fsp3) is 0.368. The molecule has 0 fully saturated rings. The predicted octanol–water partition coefficient (Wildman–Crippen LogP) is 10.7. The molecule has 40 heavy (non-hydrogen) atoms. The Morgan fingerprint density at radius 2 is 0.750 bits per heavy atom. The SMILES string of the molecule is Cc1cc(CCCCCCCCCCCCc2cc(C)c(O)c(-c3ccccc3)c2)cc(-c2ccccc2)c1O. The number of hydrogen-bond donors (Lipinski definition) is 2. The third-order valence-corrected chi connectivity index (χ3v) is 8.07. The van der Waals surface area contributed by atoms with Gasteiger partial charge in [-0.15, -0.1) is 0 Å². The normalized spacial score (nSPS) is 11.2. The minimum absolute atomic E-state index is 0.405. The fourth-order valence-corrected chi connectivity index (χ4v) is 5.75. The van der Waals surface area contributed by atoms with Gasteiger partial charge in [-0.2, -0.15) is 0 Å². The lowest BCUT2D eigenvalue weighted by Gasteiger charge is -2.11. The molecule has 0 amide bonds. The number of aromatic hydroxyl groups is 2. The largest absolute Gasteiger partial charge is 0.507 e. The number of hydrogen-bond acceptors (Lipinski definition) is 2. The smallest absolute Gasteiger partial charge is 0.126 e. The van der Waals surface area contributed by atoms with Crippen LogP contribution in [0.15, 0.2) is 84.9 Å². The zero-order valence-corrected chi connectivity index (χ0v) is 24.5. The topological polar surface area (TPSA) is 40.5 Å². The Morgan fingerprint density at radius 3 is 1.10 bits per heavy atom. The van der Waals surface area contributed by atoms with Gasteiger partial charge < -0.3 is 10.2 Å². The number of benzene rings is 4. The van der Waals surface area contributed by atoms with Crippen molar-refractivity contribution in [1.82, 2.24) is 0 Å². The van der Waals surface area contributed by atoms with Crippen molar-refractivity contribution in [2.45, 2.75) is 90.9 Å². The van der Waals surface area contributed by atoms with Crippen molar-refractivity contribution in [1.29, 1.82) is 0 Å². The second kappa shape index (κ2) is 15.3. The van der Waals surface area contributed by atoms with Gasteiger partial charge in [0.2, 0.25) is 0 Å². The summed E-state index contributed by atoms with van der Waals surface area (Å²) in [5.41, 5.74) is 8.64. The van der Waals surface area contributed by atoms with Crippen LogP contribution in [-0.4, -0.2) is 10.2 Å². The zero-order valence-electron chi connectivity index (χ0n) is 24.5. The third kappa shape index (κ3) is 8.49. The van der Waals surface area contributed by atoms with Gasteiger partial charge in [-0.3, -0.25) is 0 Å². The molecule has 0 heterocycles. The van der Waals surface area contributed by atoms with Crippen molar-refractivity contribution in [3.8, 4) is 33.8 Å². The molecule has 0 atom stereocenters. The number of phenolic OH excluding ortho intramolecular Hbond substituents is 2. The monoisotopic (exact) mass is 534 g/mol. The number of rotatable bonds is 15. The maximum absolute atomic E-state index is 10.5. The van der Waals surface area contributed by atoms with E-state index in [-0.39, 0.29) is 0 Å². The molecule has 2 heteroatoms. The molecule has 2 nitrogen and oxygen atoms in total. The molecule has 4 aromatic carbocycles. The molecule has 0 saturated carbocycles. The highest BCUT2D eigenvalue weighted by molar-refractivity contribution is 5.73. The van der Waals surface area contributed by atoms with E-state index in [0.29, 0.717) is 11.5 Å². The van der Waals surface area contributed by atoms with E-state index in [2.05, 4.69) is 48.5 Å². The summed E-state index contributed by atoms with van der Waals surface area (Å²) < 4.78 is 0. The Balaban J connectivity index is 1.07. The molecule has 4 aromatic rings. The van der Waals surface area contributed by atoms with Crippen LogP contribution >= 0.6 is 0 Å². The second-order valence-corrected chi connectivity index (χ2v) is 11.4. The summed E-state index contributed by atoms with van der Waals surface area (Å²) in [6, 6.07) is 29.0. The standard InChI is InChI=1S/C38H46O2/c1-29-25-31(27-35(37(29)39)33-21-15-11-16-22-33)19-13-9-7-5-3-4-6-8-10-14-20-32-26-30(2)38(40)36(28-32)34-23-17-12-18-24-34/h11-12,15-18,21-28,39-40H,3-10,13-14,19-20H2,1-2H3. The van der Waals surface area contributed by atoms with E-state index in [0.717, 1.165) is 46.2 Å². The summed E-state index contributed by atoms with van der Waals surface area (Å²) >= 11 is 0. The molecule has 0 saturated heterocycles. The Hall–Kier alpha value is -3.52. The molecular formula is C38H46O2. The number of phenols is 2. The van der Waals surface area contributed by atoms with E-state index in [1.165, 1.54) is 75.3 Å². The van der Waals surface area contributed by atoms with Gasteiger partial charge in [0.25, 0.3) is 0 Å². The minimum Gasteiger partial charge on any atom is -0.507 e. The molecule has 0 spiro atoms. The summed E-state index contributed by atoms with van der Waals surface area (Å²) in [4.78, 5) is 0. The summed E-state index contributed by atoms with van der Waals surface area (Å²) in [6.45, 7) is 4.00. The van der Waals surface area contributed by atoms with Crippen molar-refractivity contribution >= 4 is 0 Å². The van der Waals surface area contributed by atoms with Gasteiger partial charge in [-0.25, -0.2) is 0 Å². The predicted molar refractivity (Wildman–Crippen MR) is 170 cm³/mol. The maximum atomic E-state index is 10.5. The molecule has 0 unspecified atom stereocenters. The van der Waals surface area contributed by atoms with E-state index in [4.69, 9.17) is 0 Å². The van der Waals surface area contributed by atoms with Crippen LogP contribution in [0, 0.1) is 13.8 Å². The molecule has 0 aromatic heterocycles. The van der Waals surface area contributed by atoms with E-state index < -0.39 is 0 Å². The van der Waals surface area contributed by atoms with Crippen LogP contribution in [-0.2, 0) is 12.8 Å². The molecule has 0 radical (unpaired) electrons. The lowest BCUT2D eigenvalue weighted by molar-refractivity contribution is 0.472. The van der Waals surface area contributed by atoms with E-state index in [9.17, 15) is 10.2 Å². The van der Waals surface area contributed by atoms with E-state index in [1.54, 1.807) is 0 Å². The van der Waals surface area contributed by atoms with Gasteiger partial charge in [0.1, 0.15) is 11.5 Å². The molecular weight excluding hydrogens is 488 g/mol. The summed E-state index contributed by atoms with van der Waals surface area (Å²) in [5.74, 6) is 0.810. The Labute approximate surface area is 241 Å². The first-order valence-corrected chi connectivity index (χ1v) is 15.3. The van der Waals surface area contributed by atoms with Crippen molar-refractivity contribution in [3.05, 3.63) is 107 Å². The first kappa shape index (κ1) is 29.5. The Morgan fingerprint density at radius 1 is 0.425 bits per heavy atom. The molecule has 0 aliphatic heterocycles. The van der Waals surface area contributed by atoms with Gasteiger partial charge in [0, 0.05) is 11.1 Å². The highest BCUT2D eigenvalue weighted by Crippen LogP contribution is 2.35. The van der Waals surface area contributed by atoms with Crippen LogP contribution in [0.5, 0.6) is 11.5 Å². The maximum Gasteiger partial charge on any atom is 0.126 e. The second-order valence-electron chi connectivity index (χ2n) is 11.4. The van der Waals surface area contributed by atoms with E-state index in [1.807, 2.05) is 50.2 Å². The highest BCUT2D eigenvalue weighted by atomic mass is 16.3. The number of unbranched alkanes of at least 4 members (excludes halogenated alkanes) is 9. The lowest BCUT2D eigenvalue weighted by atomic mass is 9.95. The lowest BCUT2D eigenvalue weighted by Crippen LogP contribution is -1.91. The summed E-state index contributed by atoms with van der Waals surface area (Å²) in [5, 5.41) is 21.1. The van der Waals surface area contributed by atoms with Gasteiger partial charge in [-0.05, 0) is 85.0 Å². The third-order valence-electron chi connectivity index (χ3n) is 8.07. The Bertz CT molecular complexity index is 1220. The first-order valence-electron chi connectivity index (χ1n) is 15.3. The molecule has 0 bridgehead atoms.